The highest BCUT2D eigenvalue weighted by molar-refractivity contribution is 7.15. The molecule has 1 aromatic carbocycles. The largest absolute Gasteiger partial charge is 0.490 e. The number of aliphatic imine (C=N–C) groups is 1. The molecule has 5 heterocycles. The Morgan fingerprint density at radius 3 is 2.49 bits per heavy atom. The first-order valence-electron chi connectivity index (χ1n) is 15.7. The SMILES string of the molecule is Cc1sc2c(c1C)C(c1ccc(OC3CC4(CCN(C(=O)OC(C)(C)C)CC4)C3)cc1)=N[C@@H](Cc1ncco1)c1nnc(C)n1-2. The molecule has 45 heavy (non-hydrogen) atoms. The van der Waals surface area contributed by atoms with E-state index in [4.69, 9.17) is 18.9 Å². The van der Waals surface area contributed by atoms with Crippen molar-refractivity contribution in [3.05, 3.63) is 75.8 Å². The molecule has 0 unspecified atom stereocenters. The molecule has 2 aliphatic heterocycles. The number of benzene rings is 1. The molecule has 1 aliphatic carbocycles. The minimum atomic E-state index is -0.470. The van der Waals surface area contributed by atoms with E-state index in [1.807, 2.05) is 32.6 Å². The van der Waals surface area contributed by atoms with Gasteiger partial charge in [0.1, 0.15) is 34.5 Å². The number of thiophene rings is 1. The summed E-state index contributed by atoms with van der Waals surface area (Å²) < 4.78 is 19.8. The Bertz CT molecular complexity index is 1730. The lowest BCUT2D eigenvalue weighted by atomic mass is 9.61. The Hall–Kier alpha value is -3.99. The fraction of sp³-hybridized carbons (Fsp3) is 0.500. The maximum atomic E-state index is 12.5. The molecule has 0 bridgehead atoms. The number of nitrogens with zero attached hydrogens (tertiary/aromatic N) is 6. The molecule has 1 spiro atoms. The van der Waals surface area contributed by atoms with Gasteiger partial charge in [0, 0.05) is 29.1 Å². The van der Waals surface area contributed by atoms with Gasteiger partial charge >= 0.3 is 6.09 Å². The number of ether oxygens (including phenoxy) is 2. The molecule has 1 atom stereocenters. The second-order valence-electron chi connectivity index (χ2n) is 13.7. The van der Waals surface area contributed by atoms with Gasteiger partial charge < -0.3 is 18.8 Å². The summed E-state index contributed by atoms with van der Waals surface area (Å²) in [5.74, 6) is 3.10. The van der Waals surface area contributed by atoms with E-state index in [1.165, 1.54) is 10.4 Å². The Morgan fingerprint density at radius 1 is 1.09 bits per heavy atom. The molecular weight excluding hydrogens is 588 g/mol. The van der Waals surface area contributed by atoms with E-state index in [2.05, 4.69) is 57.9 Å². The van der Waals surface area contributed by atoms with Crippen molar-refractivity contribution in [2.75, 3.05) is 13.1 Å². The van der Waals surface area contributed by atoms with Gasteiger partial charge in [0.25, 0.3) is 0 Å². The first-order chi connectivity index (χ1) is 21.5. The van der Waals surface area contributed by atoms with Gasteiger partial charge in [-0.3, -0.25) is 9.56 Å². The number of oxazole rings is 1. The monoisotopic (exact) mass is 628 g/mol. The second-order valence-corrected chi connectivity index (χ2v) is 14.9. The lowest BCUT2D eigenvalue weighted by Crippen LogP contribution is -2.52. The van der Waals surface area contributed by atoms with Crippen molar-refractivity contribution in [3.8, 4) is 10.8 Å². The standard InChI is InChI=1S/C34H40N6O4S/c1-20-21(2)45-31-28(20)29(36-26(17-27-35-13-16-42-27)30-38-37-22(3)40(30)31)23-7-9-24(10-8-23)43-25-18-34(19-25)11-14-39(15-12-34)32(41)44-33(4,5)6/h7-10,13,16,25-26H,11-12,14-15,17-19H2,1-6H3/t26-/m0/s1. The van der Waals surface area contributed by atoms with Gasteiger partial charge in [-0.25, -0.2) is 9.78 Å². The van der Waals surface area contributed by atoms with Crippen LogP contribution in [0.2, 0.25) is 0 Å². The van der Waals surface area contributed by atoms with E-state index >= 15 is 0 Å². The summed E-state index contributed by atoms with van der Waals surface area (Å²) in [4.78, 5) is 25.3. The zero-order chi connectivity index (χ0) is 31.5. The third-order valence-electron chi connectivity index (χ3n) is 9.32. The third-order valence-corrected chi connectivity index (χ3v) is 10.5. The van der Waals surface area contributed by atoms with Crippen molar-refractivity contribution in [2.45, 2.75) is 91.4 Å². The summed E-state index contributed by atoms with van der Waals surface area (Å²) in [5, 5.41) is 10.1. The predicted octanol–water partition coefficient (Wildman–Crippen LogP) is 6.94. The van der Waals surface area contributed by atoms with Crippen LogP contribution in [-0.4, -0.2) is 61.2 Å². The van der Waals surface area contributed by atoms with Gasteiger partial charge in [-0.2, -0.15) is 0 Å². The lowest BCUT2D eigenvalue weighted by molar-refractivity contribution is -0.0583. The van der Waals surface area contributed by atoms with Crippen molar-refractivity contribution < 1.29 is 18.7 Å². The van der Waals surface area contributed by atoms with E-state index in [0.717, 1.165) is 78.0 Å². The van der Waals surface area contributed by atoms with Gasteiger partial charge in [-0.1, -0.05) is 0 Å². The van der Waals surface area contributed by atoms with Crippen LogP contribution in [0.4, 0.5) is 4.79 Å². The minimum Gasteiger partial charge on any atom is -0.490 e. The van der Waals surface area contributed by atoms with Crippen LogP contribution in [0.3, 0.4) is 0 Å². The van der Waals surface area contributed by atoms with Crippen molar-refractivity contribution in [2.24, 2.45) is 10.4 Å². The summed E-state index contributed by atoms with van der Waals surface area (Å²) in [6.07, 6.45) is 7.74. The van der Waals surface area contributed by atoms with E-state index in [9.17, 15) is 4.79 Å². The number of carbonyl (C=O) groups is 1. The van der Waals surface area contributed by atoms with Gasteiger partial charge in [0.05, 0.1) is 24.4 Å². The summed E-state index contributed by atoms with van der Waals surface area (Å²) in [6, 6.07) is 8.03. The number of carbonyl (C=O) groups excluding carboxylic acids is 1. The Labute approximate surface area is 267 Å². The smallest absolute Gasteiger partial charge is 0.410 e. The van der Waals surface area contributed by atoms with Crippen LogP contribution in [0.1, 0.15) is 91.6 Å². The average molecular weight is 629 g/mol. The molecule has 1 amide bonds. The summed E-state index contributed by atoms with van der Waals surface area (Å²) in [5.41, 5.74) is 4.07. The number of hydrogen-bond donors (Lipinski definition) is 0. The van der Waals surface area contributed by atoms with Crippen LogP contribution in [0.5, 0.6) is 5.75 Å². The Kier molecular flexibility index (Phi) is 7.34. The molecule has 3 aliphatic rings. The number of hydrogen-bond acceptors (Lipinski definition) is 9. The number of piperidine rings is 1. The molecule has 11 heteroatoms. The van der Waals surface area contributed by atoms with Crippen molar-refractivity contribution in [1.29, 1.82) is 0 Å². The molecule has 7 rings (SSSR count). The highest BCUT2D eigenvalue weighted by atomic mass is 32.1. The van der Waals surface area contributed by atoms with Crippen LogP contribution in [-0.2, 0) is 11.2 Å². The fourth-order valence-electron chi connectivity index (χ4n) is 6.82. The van der Waals surface area contributed by atoms with Crippen LogP contribution in [0.25, 0.3) is 5.00 Å². The van der Waals surface area contributed by atoms with Crippen LogP contribution < -0.4 is 4.74 Å². The molecule has 4 aromatic rings. The minimum absolute atomic E-state index is 0.185. The first-order valence-corrected chi connectivity index (χ1v) is 16.5. The molecule has 2 fully saturated rings. The number of fused-ring (bicyclic) bond motifs is 3. The molecule has 10 nitrogen and oxygen atoms in total. The first kappa shape index (κ1) is 29.7. The summed E-state index contributed by atoms with van der Waals surface area (Å²) >= 11 is 1.75. The van der Waals surface area contributed by atoms with E-state index in [0.29, 0.717) is 12.3 Å². The van der Waals surface area contributed by atoms with E-state index in [-0.39, 0.29) is 23.7 Å². The van der Waals surface area contributed by atoms with Crippen LogP contribution in [0.15, 0.2) is 46.1 Å². The molecule has 3 aromatic heterocycles. The molecular formula is C34H40N6O4S. The number of aryl methyl sites for hydroxylation is 2. The normalized spacial score (nSPS) is 19.4. The highest BCUT2D eigenvalue weighted by Crippen LogP contribution is 2.50. The molecule has 236 valence electrons. The molecule has 1 saturated carbocycles. The van der Waals surface area contributed by atoms with Gasteiger partial charge in [-0.15, -0.1) is 21.5 Å². The lowest BCUT2D eigenvalue weighted by Gasteiger charge is -2.51. The van der Waals surface area contributed by atoms with Crippen molar-refractivity contribution in [3.63, 3.8) is 0 Å². The summed E-state index contributed by atoms with van der Waals surface area (Å²) in [6.45, 7) is 13.5. The zero-order valence-corrected chi connectivity index (χ0v) is 27.6. The van der Waals surface area contributed by atoms with Crippen molar-refractivity contribution >= 4 is 23.1 Å². The van der Waals surface area contributed by atoms with Gasteiger partial charge in [-0.05, 0) is 102 Å². The highest BCUT2D eigenvalue weighted by Gasteiger charge is 2.48. The average Bonchev–Trinajstić information content (AvgIpc) is 3.68. The second kappa shape index (κ2) is 11.1. The van der Waals surface area contributed by atoms with Gasteiger partial charge in [0.15, 0.2) is 11.7 Å². The van der Waals surface area contributed by atoms with E-state index < -0.39 is 5.60 Å². The maximum absolute atomic E-state index is 12.5. The quantitative estimate of drug-likeness (QED) is 0.236. The number of aromatic nitrogens is 4. The maximum Gasteiger partial charge on any atom is 0.410 e. The third kappa shape index (κ3) is 5.67. The van der Waals surface area contributed by atoms with Gasteiger partial charge in [0.2, 0.25) is 0 Å². The Morgan fingerprint density at radius 2 is 1.82 bits per heavy atom. The molecule has 0 N–H and O–H groups in total. The number of rotatable bonds is 5. The van der Waals surface area contributed by atoms with E-state index in [1.54, 1.807) is 23.8 Å². The topological polar surface area (TPSA) is 108 Å². The molecule has 0 radical (unpaired) electrons. The van der Waals surface area contributed by atoms with Crippen LogP contribution in [0, 0.1) is 26.2 Å². The number of likely N-dealkylation sites (tertiary alicyclic amines) is 1. The fourth-order valence-corrected chi connectivity index (χ4v) is 8.03. The van der Waals surface area contributed by atoms with Crippen LogP contribution >= 0.6 is 11.3 Å². The van der Waals surface area contributed by atoms with Crippen molar-refractivity contribution in [1.82, 2.24) is 24.6 Å². The Balaban J connectivity index is 1.07. The predicted molar refractivity (Wildman–Crippen MR) is 172 cm³/mol. The molecule has 1 saturated heterocycles. The zero-order valence-electron chi connectivity index (χ0n) is 26.8. The summed E-state index contributed by atoms with van der Waals surface area (Å²) in [7, 11) is 0. The number of amides is 1.